The summed E-state index contributed by atoms with van der Waals surface area (Å²) in [6.45, 7) is 1.36. The molecule has 1 saturated heterocycles. The highest BCUT2D eigenvalue weighted by molar-refractivity contribution is 6.31. The fourth-order valence-electron chi connectivity index (χ4n) is 3.10. The summed E-state index contributed by atoms with van der Waals surface area (Å²) in [6.07, 6.45) is 0.989. The topological polar surface area (TPSA) is 66.8 Å². The van der Waals surface area contributed by atoms with Gasteiger partial charge in [0.25, 0.3) is 0 Å². The van der Waals surface area contributed by atoms with Crippen LogP contribution in [0.3, 0.4) is 0 Å². The van der Waals surface area contributed by atoms with Gasteiger partial charge in [-0.2, -0.15) is 0 Å². The Morgan fingerprint density at radius 2 is 1.95 bits per heavy atom. The zero-order valence-corrected chi connectivity index (χ0v) is 12.8. The van der Waals surface area contributed by atoms with Crippen molar-refractivity contribution in [1.82, 2.24) is 4.90 Å². The third-order valence-corrected chi connectivity index (χ3v) is 4.88. The number of amides is 1. The number of hydrogen-bond acceptors (Lipinski definition) is 3. The molecule has 5 nitrogen and oxygen atoms in total. The highest BCUT2D eigenvalue weighted by Gasteiger charge is 2.44. The molecule has 1 N–H and O–H groups in total. The number of benzene rings is 1. The molecule has 2 aliphatic rings. The maximum atomic E-state index is 12.5. The molecule has 6 heteroatoms. The van der Waals surface area contributed by atoms with Crippen LogP contribution in [0.25, 0.3) is 0 Å². The molecular formula is C16H18ClNO4. The van der Waals surface area contributed by atoms with Crippen LogP contribution in [0.15, 0.2) is 24.3 Å². The molecule has 0 bridgehead atoms. The minimum atomic E-state index is -0.875. The summed E-state index contributed by atoms with van der Waals surface area (Å²) in [7, 11) is 0. The van der Waals surface area contributed by atoms with Crippen LogP contribution in [0.4, 0.5) is 0 Å². The third kappa shape index (κ3) is 2.83. The fourth-order valence-corrected chi connectivity index (χ4v) is 3.36. The van der Waals surface area contributed by atoms with Crippen molar-refractivity contribution in [3.8, 4) is 0 Å². The van der Waals surface area contributed by atoms with E-state index >= 15 is 0 Å². The van der Waals surface area contributed by atoms with E-state index in [1.807, 2.05) is 18.2 Å². The van der Waals surface area contributed by atoms with Gasteiger partial charge in [-0.25, -0.2) is 0 Å². The number of carbonyl (C=O) groups is 2. The Kier molecular flexibility index (Phi) is 4.36. The maximum Gasteiger partial charge on any atom is 0.307 e. The van der Waals surface area contributed by atoms with Gasteiger partial charge in [-0.1, -0.05) is 29.8 Å². The largest absolute Gasteiger partial charge is 0.481 e. The Bertz CT molecular complexity index is 591. The summed E-state index contributed by atoms with van der Waals surface area (Å²) in [4.78, 5) is 25.3. The van der Waals surface area contributed by atoms with Crippen molar-refractivity contribution in [2.45, 2.75) is 18.9 Å². The van der Waals surface area contributed by atoms with Gasteiger partial charge in [-0.15, -0.1) is 0 Å². The van der Waals surface area contributed by atoms with Gasteiger partial charge in [0.2, 0.25) is 5.91 Å². The first-order valence-corrected chi connectivity index (χ1v) is 7.83. The molecule has 118 valence electrons. The van der Waals surface area contributed by atoms with Crippen molar-refractivity contribution in [3.63, 3.8) is 0 Å². The smallest absolute Gasteiger partial charge is 0.307 e. The Hall–Kier alpha value is -1.59. The molecule has 1 aliphatic heterocycles. The van der Waals surface area contributed by atoms with Gasteiger partial charge in [-0.05, 0) is 18.9 Å². The molecule has 1 heterocycles. The molecular weight excluding hydrogens is 306 g/mol. The minimum Gasteiger partial charge on any atom is -0.481 e. The average molecular weight is 324 g/mol. The highest BCUT2D eigenvalue weighted by Crippen LogP contribution is 2.37. The van der Waals surface area contributed by atoms with E-state index in [1.165, 1.54) is 0 Å². The van der Waals surface area contributed by atoms with Crippen molar-refractivity contribution < 1.29 is 19.4 Å². The number of carboxylic acids is 1. The van der Waals surface area contributed by atoms with Crippen LogP contribution in [0.1, 0.15) is 24.5 Å². The average Bonchev–Trinajstić information content (AvgIpc) is 2.46. The quantitative estimate of drug-likeness (QED) is 0.927. The number of nitrogens with zero attached hydrogens (tertiary/aromatic N) is 1. The number of hydrogen-bond donors (Lipinski definition) is 1. The van der Waals surface area contributed by atoms with Crippen LogP contribution < -0.4 is 0 Å². The molecule has 3 rings (SSSR count). The Labute approximate surface area is 133 Å². The summed E-state index contributed by atoms with van der Waals surface area (Å²) in [5, 5.41) is 9.72. The van der Waals surface area contributed by atoms with E-state index < -0.39 is 11.9 Å². The van der Waals surface area contributed by atoms with Gasteiger partial charge in [-0.3, -0.25) is 9.59 Å². The molecule has 1 aliphatic carbocycles. The monoisotopic (exact) mass is 323 g/mol. The Balaban J connectivity index is 1.70. The predicted octanol–water partition coefficient (Wildman–Crippen LogP) is 2.35. The SMILES string of the molecule is O=C(O)C1CCC1C(=O)N1CCOC(c2ccccc2Cl)C1. The molecule has 2 fully saturated rings. The van der Waals surface area contributed by atoms with Gasteiger partial charge in [0.1, 0.15) is 6.10 Å². The van der Waals surface area contributed by atoms with Crippen molar-refractivity contribution >= 4 is 23.5 Å². The zero-order chi connectivity index (χ0) is 15.7. The number of rotatable bonds is 3. The van der Waals surface area contributed by atoms with Gasteiger partial charge in [0, 0.05) is 17.1 Å². The minimum absolute atomic E-state index is 0.0704. The van der Waals surface area contributed by atoms with E-state index in [4.69, 9.17) is 21.4 Å². The summed E-state index contributed by atoms with van der Waals surface area (Å²) < 4.78 is 5.74. The summed E-state index contributed by atoms with van der Waals surface area (Å²) in [5.74, 6) is -1.86. The van der Waals surface area contributed by atoms with Crippen molar-refractivity contribution in [1.29, 1.82) is 0 Å². The molecule has 1 amide bonds. The molecule has 0 spiro atoms. The third-order valence-electron chi connectivity index (χ3n) is 4.54. The van der Waals surface area contributed by atoms with Crippen LogP contribution in [0, 0.1) is 11.8 Å². The lowest BCUT2D eigenvalue weighted by Gasteiger charge is -2.40. The van der Waals surface area contributed by atoms with Gasteiger partial charge in [0.15, 0.2) is 0 Å². The molecule has 3 atom stereocenters. The summed E-state index contributed by atoms with van der Waals surface area (Å²) in [6, 6.07) is 7.43. The number of ether oxygens (including phenoxy) is 1. The van der Waals surface area contributed by atoms with Gasteiger partial charge < -0.3 is 14.7 Å². The number of halogens is 1. The van der Waals surface area contributed by atoms with E-state index in [0.29, 0.717) is 37.6 Å². The number of morpholine rings is 1. The molecule has 0 aromatic heterocycles. The van der Waals surface area contributed by atoms with Crippen LogP contribution in [-0.2, 0) is 14.3 Å². The lowest BCUT2D eigenvalue weighted by molar-refractivity contribution is -0.160. The first-order chi connectivity index (χ1) is 10.6. The van der Waals surface area contributed by atoms with E-state index in [-0.39, 0.29) is 17.9 Å². The summed E-state index contributed by atoms with van der Waals surface area (Å²) >= 11 is 6.19. The van der Waals surface area contributed by atoms with Crippen LogP contribution in [0.5, 0.6) is 0 Å². The van der Waals surface area contributed by atoms with E-state index in [9.17, 15) is 9.59 Å². The van der Waals surface area contributed by atoms with Gasteiger partial charge in [0.05, 0.1) is 25.0 Å². The van der Waals surface area contributed by atoms with Crippen LogP contribution in [0.2, 0.25) is 5.02 Å². The van der Waals surface area contributed by atoms with E-state index in [2.05, 4.69) is 0 Å². The molecule has 1 aromatic rings. The Morgan fingerprint density at radius 3 is 2.59 bits per heavy atom. The second kappa shape index (κ2) is 6.26. The fraction of sp³-hybridized carbons (Fsp3) is 0.500. The van der Waals surface area contributed by atoms with Crippen molar-refractivity contribution in [3.05, 3.63) is 34.9 Å². The van der Waals surface area contributed by atoms with E-state index in [0.717, 1.165) is 5.56 Å². The van der Waals surface area contributed by atoms with Crippen molar-refractivity contribution in [2.24, 2.45) is 11.8 Å². The van der Waals surface area contributed by atoms with E-state index in [1.54, 1.807) is 11.0 Å². The second-order valence-electron chi connectivity index (χ2n) is 5.79. The molecule has 0 radical (unpaired) electrons. The molecule has 3 unspecified atom stereocenters. The van der Waals surface area contributed by atoms with Crippen LogP contribution in [-0.4, -0.2) is 41.6 Å². The lowest BCUT2D eigenvalue weighted by Crippen LogP contribution is -2.50. The Morgan fingerprint density at radius 1 is 1.23 bits per heavy atom. The maximum absolute atomic E-state index is 12.5. The first kappa shape index (κ1) is 15.3. The number of aliphatic carboxylic acids is 1. The first-order valence-electron chi connectivity index (χ1n) is 7.45. The molecule has 1 aromatic carbocycles. The second-order valence-corrected chi connectivity index (χ2v) is 6.20. The highest BCUT2D eigenvalue weighted by atomic mass is 35.5. The number of carbonyl (C=O) groups excluding carboxylic acids is 1. The zero-order valence-electron chi connectivity index (χ0n) is 12.1. The molecule has 1 saturated carbocycles. The van der Waals surface area contributed by atoms with Gasteiger partial charge >= 0.3 is 5.97 Å². The van der Waals surface area contributed by atoms with Crippen molar-refractivity contribution in [2.75, 3.05) is 19.7 Å². The lowest BCUT2D eigenvalue weighted by atomic mass is 9.73. The standard InChI is InChI=1S/C16H18ClNO4/c17-13-4-2-1-3-12(13)14-9-18(7-8-22-14)15(19)10-5-6-11(10)16(20)21/h1-4,10-11,14H,5-9H2,(H,20,21). The van der Waals surface area contributed by atoms with Crippen LogP contribution >= 0.6 is 11.6 Å². The number of carboxylic acid groups (broad SMARTS) is 1. The normalized spacial score (nSPS) is 28.0. The molecule has 22 heavy (non-hydrogen) atoms. The summed E-state index contributed by atoms with van der Waals surface area (Å²) in [5.41, 5.74) is 0.866. The predicted molar refractivity (Wildman–Crippen MR) is 80.6 cm³/mol.